The van der Waals surface area contributed by atoms with E-state index in [2.05, 4.69) is 0 Å². The van der Waals surface area contributed by atoms with Crippen LogP contribution in [-0.2, 0) is 25.5 Å². The fourth-order valence-electron chi connectivity index (χ4n) is 4.64. The van der Waals surface area contributed by atoms with Gasteiger partial charge in [0.25, 0.3) is 11.7 Å². The van der Waals surface area contributed by atoms with Gasteiger partial charge in [0, 0.05) is 11.3 Å². The third-order valence-corrected chi connectivity index (χ3v) is 6.21. The number of aryl methyl sites for hydroxylation is 1. The van der Waals surface area contributed by atoms with Gasteiger partial charge < -0.3 is 14.6 Å². The number of Topliss-reactive ketones (excluding diaryl/α,β-unsaturated/α-hetero) is 1. The molecule has 1 heterocycles. The minimum absolute atomic E-state index is 0.00288. The van der Waals surface area contributed by atoms with Crippen molar-refractivity contribution in [3.05, 3.63) is 101 Å². The van der Waals surface area contributed by atoms with Crippen molar-refractivity contribution in [3.8, 4) is 5.75 Å². The Morgan fingerprint density at radius 2 is 1.62 bits per heavy atom. The van der Waals surface area contributed by atoms with Crippen LogP contribution in [0.15, 0.2) is 78.4 Å². The average Bonchev–Trinajstić information content (AvgIpc) is 3.13. The zero-order chi connectivity index (χ0) is 28.3. The highest BCUT2D eigenvalue weighted by atomic mass is 16.5. The largest absolute Gasteiger partial charge is 0.507 e. The minimum atomic E-state index is -0.851. The molecule has 1 saturated heterocycles. The lowest BCUT2D eigenvalue weighted by atomic mass is 9.94. The highest BCUT2D eigenvalue weighted by Gasteiger charge is 2.47. The number of aliphatic hydroxyl groups is 1. The highest BCUT2D eigenvalue weighted by molar-refractivity contribution is 6.51. The molecule has 0 bridgehead atoms. The molecule has 0 aliphatic carbocycles. The molecular weight excluding hydrogens is 494 g/mol. The molecule has 1 fully saturated rings. The Hall–Kier alpha value is -4.39. The Balaban J connectivity index is 1.79. The molecule has 3 aromatic rings. The average molecular weight is 528 g/mol. The molecule has 202 valence electrons. The fraction of sp³-hybridized carbons (Fsp3) is 0.281. The van der Waals surface area contributed by atoms with E-state index < -0.39 is 17.7 Å². The van der Waals surface area contributed by atoms with E-state index in [0.717, 1.165) is 11.1 Å². The molecule has 1 N–H and O–H groups in total. The normalized spacial score (nSPS) is 16.7. The molecule has 1 aliphatic heterocycles. The summed E-state index contributed by atoms with van der Waals surface area (Å²) in [6, 6.07) is 20.3. The van der Waals surface area contributed by atoms with Crippen LogP contribution in [0.5, 0.6) is 5.75 Å². The van der Waals surface area contributed by atoms with Gasteiger partial charge in [0.05, 0.1) is 30.2 Å². The summed E-state index contributed by atoms with van der Waals surface area (Å²) in [5, 5.41) is 11.4. The van der Waals surface area contributed by atoms with Gasteiger partial charge in [-0.25, -0.2) is 0 Å². The summed E-state index contributed by atoms with van der Waals surface area (Å²) in [5.41, 5.74) is 3.20. The Morgan fingerprint density at radius 3 is 2.26 bits per heavy atom. The lowest BCUT2D eigenvalue weighted by Crippen LogP contribution is -2.29. The summed E-state index contributed by atoms with van der Waals surface area (Å²) in [4.78, 5) is 40.4. The van der Waals surface area contributed by atoms with Crippen molar-refractivity contribution in [2.24, 2.45) is 0 Å². The summed E-state index contributed by atoms with van der Waals surface area (Å²) in [7, 11) is 0. The number of ketones is 1. The molecule has 7 nitrogen and oxygen atoms in total. The van der Waals surface area contributed by atoms with E-state index in [1.54, 1.807) is 62.4 Å². The second kappa shape index (κ2) is 11.6. The van der Waals surface area contributed by atoms with E-state index in [4.69, 9.17) is 9.47 Å². The van der Waals surface area contributed by atoms with Crippen LogP contribution in [0, 0.1) is 6.92 Å². The van der Waals surface area contributed by atoms with Crippen LogP contribution in [0.3, 0.4) is 0 Å². The summed E-state index contributed by atoms with van der Waals surface area (Å²) in [5.74, 6) is -1.60. The number of esters is 1. The van der Waals surface area contributed by atoms with Gasteiger partial charge in [-0.15, -0.1) is 0 Å². The van der Waals surface area contributed by atoms with Crippen molar-refractivity contribution in [2.45, 2.75) is 59.3 Å². The van der Waals surface area contributed by atoms with Crippen LogP contribution < -0.4 is 9.64 Å². The first kappa shape index (κ1) is 27.6. The van der Waals surface area contributed by atoms with Crippen LogP contribution in [-0.4, -0.2) is 35.0 Å². The number of ether oxygens (including phenoxy) is 2. The number of anilines is 1. The van der Waals surface area contributed by atoms with Crippen molar-refractivity contribution in [3.63, 3.8) is 0 Å². The molecular formula is C32H33NO6. The van der Waals surface area contributed by atoms with Crippen LogP contribution in [0.2, 0.25) is 0 Å². The number of carbonyl (C=O) groups is 3. The molecule has 7 heteroatoms. The standard InChI is InChI=1S/C32H33NO6/c1-19(2)38-26-11-7-10-24(18-26)30(35)28-29(23-9-6-8-21(5)16-23)33(32(37)31(28)36)25-14-12-22(13-15-25)17-27(34)39-20(3)4/h6-16,18-20,29,35H,17H2,1-5H3/b30-28-. The Kier molecular flexibility index (Phi) is 8.19. The van der Waals surface area contributed by atoms with Crippen molar-refractivity contribution in [1.82, 2.24) is 0 Å². The molecule has 0 spiro atoms. The van der Waals surface area contributed by atoms with Gasteiger partial charge in [0.1, 0.15) is 11.5 Å². The minimum Gasteiger partial charge on any atom is -0.507 e. The Morgan fingerprint density at radius 1 is 0.923 bits per heavy atom. The van der Waals surface area contributed by atoms with Gasteiger partial charge in [-0.1, -0.05) is 54.1 Å². The first-order valence-corrected chi connectivity index (χ1v) is 13.0. The highest BCUT2D eigenvalue weighted by Crippen LogP contribution is 2.42. The molecule has 4 rings (SSSR count). The molecule has 0 radical (unpaired) electrons. The van der Waals surface area contributed by atoms with Crippen molar-refractivity contribution in [2.75, 3.05) is 4.90 Å². The van der Waals surface area contributed by atoms with Crippen molar-refractivity contribution >= 4 is 29.1 Å². The van der Waals surface area contributed by atoms with Crippen LogP contribution in [0.1, 0.15) is 56.0 Å². The number of carbonyl (C=O) groups excluding carboxylic acids is 3. The molecule has 1 aliphatic rings. The van der Waals surface area contributed by atoms with Crippen LogP contribution >= 0.6 is 0 Å². The van der Waals surface area contributed by atoms with E-state index >= 15 is 0 Å². The predicted molar refractivity (Wildman–Crippen MR) is 150 cm³/mol. The number of nitrogens with zero attached hydrogens (tertiary/aromatic N) is 1. The van der Waals surface area contributed by atoms with E-state index in [1.165, 1.54) is 4.90 Å². The fourth-order valence-corrected chi connectivity index (χ4v) is 4.64. The van der Waals surface area contributed by atoms with Gasteiger partial charge in [-0.3, -0.25) is 19.3 Å². The predicted octanol–water partition coefficient (Wildman–Crippen LogP) is 5.90. The first-order valence-electron chi connectivity index (χ1n) is 13.0. The van der Waals surface area contributed by atoms with Crippen LogP contribution in [0.4, 0.5) is 5.69 Å². The number of hydrogen-bond donors (Lipinski definition) is 1. The molecule has 39 heavy (non-hydrogen) atoms. The molecule has 3 aromatic carbocycles. The van der Waals surface area contributed by atoms with E-state index in [0.29, 0.717) is 22.6 Å². The second-order valence-electron chi connectivity index (χ2n) is 10.2. The van der Waals surface area contributed by atoms with E-state index in [1.807, 2.05) is 45.0 Å². The maximum atomic E-state index is 13.4. The smallest absolute Gasteiger partial charge is 0.310 e. The van der Waals surface area contributed by atoms with Crippen molar-refractivity contribution < 1.29 is 29.0 Å². The molecule has 1 amide bonds. The van der Waals surface area contributed by atoms with E-state index in [-0.39, 0.29) is 35.9 Å². The van der Waals surface area contributed by atoms with Crippen molar-refractivity contribution in [1.29, 1.82) is 0 Å². The topological polar surface area (TPSA) is 93.1 Å². The zero-order valence-electron chi connectivity index (χ0n) is 22.8. The monoisotopic (exact) mass is 527 g/mol. The number of rotatable bonds is 8. The van der Waals surface area contributed by atoms with Crippen LogP contribution in [0.25, 0.3) is 5.76 Å². The first-order chi connectivity index (χ1) is 18.5. The maximum absolute atomic E-state index is 13.4. The summed E-state index contributed by atoms with van der Waals surface area (Å²) < 4.78 is 11.0. The maximum Gasteiger partial charge on any atom is 0.310 e. The van der Waals surface area contributed by atoms with E-state index in [9.17, 15) is 19.5 Å². The zero-order valence-corrected chi connectivity index (χ0v) is 22.8. The van der Waals surface area contributed by atoms with Gasteiger partial charge in [0.2, 0.25) is 0 Å². The second-order valence-corrected chi connectivity index (χ2v) is 10.2. The Labute approximate surface area is 228 Å². The lowest BCUT2D eigenvalue weighted by molar-refractivity contribution is -0.146. The third kappa shape index (κ3) is 6.20. The number of hydrogen-bond acceptors (Lipinski definition) is 6. The summed E-state index contributed by atoms with van der Waals surface area (Å²) >= 11 is 0. The molecule has 1 atom stereocenters. The third-order valence-electron chi connectivity index (χ3n) is 6.21. The summed E-state index contributed by atoms with van der Waals surface area (Å²) in [6.45, 7) is 9.29. The Bertz CT molecular complexity index is 1420. The number of aliphatic hydroxyl groups excluding tert-OH is 1. The quantitative estimate of drug-likeness (QED) is 0.170. The molecule has 0 aromatic heterocycles. The van der Waals surface area contributed by atoms with Gasteiger partial charge >= 0.3 is 5.97 Å². The summed E-state index contributed by atoms with van der Waals surface area (Å²) in [6.07, 6.45) is -0.195. The molecule has 1 unspecified atom stereocenters. The van der Waals surface area contributed by atoms with Gasteiger partial charge in [0.15, 0.2) is 0 Å². The lowest BCUT2D eigenvalue weighted by Gasteiger charge is -2.26. The van der Waals surface area contributed by atoms with Gasteiger partial charge in [-0.2, -0.15) is 0 Å². The number of benzene rings is 3. The number of amides is 1. The molecule has 0 saturated carbocycles. The SMILES string of the molecule is Cc1cccc(C2/C(=C(/O)c3cccc(OC(C)C)c3)C(=O)C(=O)N2c2ccc(CC(=O)OC(C)C)cc2)c1. The van der Waals surface area contributed by atoms with Gasteiger partial charge in [-0.05, 0) is 70.0 Å².